The lowest BCUT2D eigenvalue weighted by Gasteiger charge is -2.27. The normalized spacial score (nSPS) is 23.5. The van der Waals surface area contributed by atoms with Crippen LogP contribution in [0.1, 0.15) is 31.2 Å². The third kappa shape index (κ3) is 2.53. The molecule has 4 nitrogen and oxygen atoms in total. The third-order valence-electron chi connectivity index (χ3n) is 4.82. The fourth-order valence-electron chi connectivity index (χ4n) is 3.69. The van der Waals surface area contributed by atoms with Crippen LogP contribution in [-0.2, 0) is 0 Å². The van der Waals surface area contributed by atoms with Crippen molar-refractivity contribution in [3.63, 3.8) is 0 Å². The highest BCUT2D eigenvalue weighted by Crippen LogP contribution is 2.29. The van der Waals surface area contributed by atoms with Gasteiger partial charge in [-0.25, -0.2) is 0 Å². The van der Waals surface area contributed by atoms with Crippen molar-refractivity contribution in [1.82, 2.24) is 9.88 Å². The Morgan fingerprint density at radius 3 is 2.90 bits per heavy atom. The predicted molar refractivity (Wildman–Crippen MR) is 84.8 cm³/mol. The molecule has 0 amide bonds. The second-order valence-electron chi connectivity index (χ2n) is 6.46. The number of aromatic nitrogens is 1. The SMILES string of the molecule is Cc1ccc2oc(N3CCC[C@@H]3CN3CCCC3)nc2c1. The quantitative estimate of drug-likeness (QED) is 0.867. The summed E-state index contributed by atoms with van der Waals surface area (Å²) >= 11 is 0. The Morgan fingerprint density at radius 1 is 1.19 bits per heavy atom. The van der Waals surface area contributed by atoms with Crippen molar-refractivity contribution >= 4 is 17.1 Å². The maximum Gasteiger partial charge on any atom is 0.298 e. The van der Waals surface area contributed by atoms with Crippen LogP contribution in [0.2, 0.25) is 0 Å². The largest absolute Gasteiger partial charge is 0.423 e. The average molecular weight is 285 g/mol. The Kier molecular flexibility index (Phi) is 3.34. The van der Waals surface area contributed by atoms with Gasteiger partial charge in [0.2, 0.25) is 0 Å². The molecule has 21 heavy (non-hydrogen) atoms. The number of anilines is 1. The molecular weight excluding hydrogens is 262 g/mol. The predicted octanol–water partition coefficient (Wildman–Crippen LogP) is 3.20. The van der Waals surface area contributed by atoms with Crippen LogP contribution >= 0.6 is 0 Å². The Hall–Kier alpha value is -1.55. The summed E-state index contributed by atoms with van der Waals surface area (Å²) in [6, 6.07) is 7.61. The van der Waals surface area contributed by atoms with E-state index in [1.165, 1.54) is 44.3 Å². The van der Waals surface area contributed by atoms with Gasteiger partial charge in [0.05, 0.1) is 0 Å². The molecule has 0 spiro atoms. The van der Waals surface area contributed by atoms with Crippen LogP contribution in [0.25, 0.3) is 11.1 Å². The van der Waals surface area contributed by atoms with Gasteiger partial charge in [-0.2, -0.15) is 4.98 Å². The van der Waals surface area contributed by atoms with Gasteiger partial charge >= 0.3 is 0 Å². The first-order valence-electron chi connectivity index (χ1n) is 8.16. The standard InChI is InChI=1S/C17H23N3O/c1-13-6-7-16-15(11-13)18-17(21-16)20-10-4-5-14(20)12-19-8-2-3-9-19/h6-7,11,14H,2-5,8-10,12H2,1H3/t14-/m1/s1. The van der Waals surface area contributed by atoms with Crippen LogP contribution in [0.5, 0.6) is 0 Å². The number of likely N-dealkylation sites (tertiary alicyclic amines) is 1. The van der Waals surface area contributed by atoms with Crippen LogP contribution in [0.15, 0.2) is 22.6 Å². The van der Waals surface area contributed by atoms with E-state index < -0.39 is 0 Å². The van der Waals surface area contributed by atoms with Gasteiger partial charge in [0.15, 0.2) is 5.58 Å². The molecule has 2 saturated heterocycles. The minimum Gasteiger partial charge on any atom is -0.423 e. The molecule has 0 aliphatic carbocycles. The van der Waals surface area contributed by atoms with Crippen LogP contribution in [-0.4, -0.2) is 42.1 Å². The zero-order valence-electron chi connectivity index (χ0n) is 12.7. The molecule has 4 rings (SSSR count). The molecule has 0 saturated carbocycles. The number of nitrogens with zero attached hydrogens (tertiary/aromatic N) is 3. The minimum absolute atomic E-state index is 0.567. The topological polar surface area (TPSA) is 32.5 Å². The van der Waals surface area contributed by atoms with E-state index in [9.17, 15) is 0 Å². The number of oxazole rings is 1. The van der Waals surface area contributed by atoms with Crippen molar-refractivity contribution in [2.75, 3.05) is 31.1 Å². The zero-order valence-corrected chi connectivity index (χ0v) is 12.7. The van der Waals surface area contributed by atoms with E-state index in [0.29, 0.717) is 6.04 Å². The van der Waals surface area contributed by atoms with E-state index in [2.05, 4.69) is 28.9 Å². The van der Waals surface area contributed by atoms with Crippen molar-refractivity contribution in [3.05, 3.63) is 23.8 Å². The number of aryl methyl sites for hydroxylation is 1. The van der Waals surface area contributed by atoms with E-state index >= 15 is 0 Å². The molecule has 2 fully saturated rings. The van der Waals surface area contributed by atoms with Crippen LogP contribution < -0.4 is 4.90 Å². The molecule has 2 aliphatic heterocycles. The molecule has 0 bridgehead atoms. The maximum absolute atomic E-state index is 6.00. The van der Waals surface area contributed by atoms with Gasteiger partial charge in [0, 0.05) is 19.1 Å². The van der Waals surface area contributed by atoms with Crippen LogP contribution in [0.4, 0.5) is 6.01 Å². The summed E-state index contributed by atoms with van der Waals surface area (Å²) in [7, 11) is 0. The van der Waals surface area contributed by atoms with Gasteiger partial charge in [-0.15, -0.1) is 0 Å². The Balaban J connectivity index is 1.57. The molecule has 0 unspecified atom stereocenters. The summed E-state index contributed by atoms with van der Waals surface area (Å²) in [5, 5.41) is 0. The summed E-state index contributed by atoms with van der Waals surface area (Å²) in [6.07, 6.45) is 5.22. The Morgan fingerprint density at radius 2 is 2.05 bits per heavy atom. The second kappa shape index (κ2) is 5.34. The average Bonchev–Trinajstić information content (AvgIpc) is 3.18. The highest BCUT2D eigenvalue weighted by atomic mass is 16.4. The first kappa shape index (κ1) is 13.1. The summed E-state index contributed by atoms with van der Waals surface area (Å²) in [5.41, 5.74) is 3.12. The molecular formula is C17H23N3O. The van der Waals surface area contributed by atoms with E-state index in [-0.39, 0.29) is 0 Å². The summed E-state index contributed by atoms with van der Waals surface area (Å²) in [5.74, 6) is 0. The zero-order chi connectivity index (χ0) is 14.2. The molecule has 112 valence electrons. The molecule has 4 heteroatoms. The molecule has 1 aromatic carbocycles. The van der Waals surface area contributed by atoms with Gasteiger partial charge < -0.3 is 14.2 Å². The van der Waals surface area contributed by atoms with Crippen molar-refractivity contribution in [2.45, 2.75) is 38.6 Å². The van der Waals surface area contributed by atoms with Crippen molar-refractivity contribution in [3.8, 4) is 0 Å². The van der Waals surface area contributed by atoms with Gasteiger partial charge in [-0.3, -0.25) is 0 Å². The first-order valence-corrected chi connectivity index (χ1v) is 8.16. The molecule has 2 aliphatic rings. The Bertz CT molecular complexity index is 630. The summed E-state index contributed by atoms with van der Waals surface area (Å²) < 4.78 is 6.00. The molecule has 3 heterocycles. The molecule has 1 atom stereocenters. The van der Waals surface area contributed by atoms with Gasteiger partial charge in [-0.1, -0.05) is 6.07 Å². The molecule has 2 aromatic rings. The van der Waals surface area contributed by atoms with Crippen LogP contribution in [0, 0.1) is 6.92 Å². The highest BCUT2D eigenvalue weighted by Gasteiger charge is 2.30. The number of hydrogen-bond donors (Lipinski definition) is 0. The van der Waals surface area contributed by atoms with Gasteiger partial charge in [0.25, 0.3) is 6.01 Å². The number of rotatable bonds is 3. The van der Waals surface area contributed by atoms with E-state index in [0.717, 1.165) is 30.2 Å². The fraction of sp³-hybridized carbons (Fsp3) is 0.588. The summed E-state index contributed by atoms with van der Waals surface area (Å²) in [6.45, 7) is 6.86. The van der Waals surface area contributed by atoms with E-state index in [1.807, 2.05) is 6.07 Å². The molecule has 1 aromatic heterocycles. The lowest BCUT2D eigenvalue weighted by atomic mass is 10.2. The Labute approximate surface area is 125 Å². The smallest absolute Gasteiger partial charge is 0.298 e. The molecule has 0 N–H and O–H groups in total. The van der Waals surface area contributed by atoms with Gasteiger partial charge in [-0.05, 0) is 63.4 Å². The van der Waals surface area contributed by atoms with Crippen molar-refractivity contribution in [2.24, 2.45) is 0 Å². The second-order valence-corrected chi connectivity index (χ2v) is 6.46. The highest BCUT2D eigenvalue weighted by molar-refractivity contribution is 5.75. The van der Waals surface area contributed by atoms with Crippen molar-refractivity contribution < 1.29 is 4.42 Å². The molecule has 0 radical (unpaired) electrons. The van der Waals surface area contributed by atoms with E-state index in [4.69, 9.17) is 9.40 Å². The van der Waals surface area contributed by atoms with Crippen molar-refractivity contribution in [1.29, 1.82) is 0 Å². The monoisotopic (exact) mass is 285 g/mol. The lowest BCUT2D eigenvalue weighted by molar-refractivity contribution is 0.310. The summed E-state index contributed by atoms with van der Waals surface area (Å²) in [4.78, 5) is 9.70. The number of hydrogen-bond acceptors (Lipinski definition) is 4. The lowest BCUT2D eigenvalue weighted by Crippen LogP contribution is -2.39. The minimum atomic E-state index is 0.567. The third-order valence-corrected chi connectivity index (χ3v) is 4.82. The van der Waals surface area contributed by atoms with Gasteiger partial charge in [0.1, 0.15) is 5.52 Å². The number of fused-ring (bicyclic) bond motifs is 1. The fourth-order valence-corrected chi connectivity index (χ4v) is 3.69. The first-order chi connectivity index (χ1) is 10.3. The van der Waals surface area contributed by atoms with Crippen LogP contribution in [0.3, 0.4) is 0 Å². The number of benzene rings is 1. The maximum atomic E-state index is 6.00. The van der Waals surface area contributed by atoms with E-state index in [1.54, 1.807) is 0 Å².